The van der Waals surface area contributed by atoms with Crippen molar-refractivity contribution in [1.29, 1.82) is 5.26 Å². The number of rotatable bonds is 9. The Hall–Kier alpha value is -3.47. The Morgan fingerprint density at radius 1 is 1.17 bits per heavy atom. The molecule has 15 heteroatoms. The van der Waals surface area contributed by atoms with E-state index in [0.717, 1.165) is 6.07 Å². The van der Waals surface area contributed by atoms with Crippen LogP contribution in [0.3, 0.4) is 0 Å². The predicted molar refractivity (Wildman–Crippen MR) is 140 cm³/mol. The quantitative estimate of drug-likeness (QED) is 0.265. The van der Waals surface area contributed by atoms with E-state index >= 15 is 8.78 Å². The summed E-state index contributed by atoms with van der Waals surface area (Å²) in [7, 11) is 0. The second-order valence-corrected chi connectivity index (χ2v) is 11.3. The highest BCUT2D eigenvalue weighted by atomic mass is 35.5. The molecule has 4 unspecified atom stereocenters. The zero-order chi connectivity index (χ0) is 31.6. The number of amides is 1. The maximum atomic E-state index is 15.6. The molecule has 1 aliphatic heterocycles. The second kappa shape index (κ2) is 12.4. The lowest BCUT2D eigenvalue weighted by Crippen LogP contribution is -2.47. The Labute approximate surface area is 246 Å². The second-order valence-electron chi connectivity index (χ2n) is 10.5. The average molecular weight is 636 g/mol. The highest BCUT2D eigenvalue weighted by molar-refractivity contribution is 6.31. The molecule has 1 fully saturated rings. The first kappa shape index (κ1) is 33.0. The third-order valence-corrected chi connectivity index (χ3v) is 7.44. The third kappa shape index (κ3) is 6.77. The number of nitrogens with zero attached hydrogens (tertiary/aromatic N) is 1. The Morgan fingerprint density at radius 2 is 1.83 bits per heavy atom. The van der Waals surface area contributed by atoms with E-state index in [1.54, 1.807) is 0 Å². The van der Waals surface area contributed by atoms with Gasteiger partial charge in [0.2, 0.25) is 5.91 Å². The Kier molecular flexibility index (Phi) is 9.76. The minimum atomic E-state index is -5.27. The molecule has 42 heavy (non-hydrogen) atoms. The number of hydrogen-bond donors (Lipinski definition) is 3. The number of nitriles is 1. The van der Waals surface area contributed by atoms with Gasteiger partial charge < -0.3 is 20.5 Å². The van der Waals surface area contributed by atoms with Crippen LogP contribution < -0.4 is 10.6 Å². The highest BCUT2D eigenvalue weighted by Crippen LogP contribution is 2.52. The van der Waals surface area contributed by atoms with Gasteiger partial charge in [-0.2, -0.15) is 18.4 Å². The fourth-order valence-corrected chi connectivity index (χ4v) is 5.51. The summed E-state index contributed by atoms with van der Waals surface area (Å²) in [5, 5.41) is 24.4. The SMILES string of the molecule is CC(C)(COC(=O)C(F)(F)F)CC1NC(C(=O)NCC(=O)O)C(c2cccc(Cl)c2F)C1(C#N)c1ccc(Cl)cc1F. The molecule has 2 aromatic carbocycles. The van der Waals surface area contributed by atoms with E-state index in [1.165, 1.54) is 44.2 Å². The van der Waals surface area contributed by atoms with Crippen molar-refractivity contribution in [2.75, 3.05) is 13.2 Å². The van der Waals surface area contributed by atoms with Crippen LogP contribution >= 0.6 is 23.2 Å². The first-order chi connectivity index (χ1) is 19.4. The molecule has 8 nitrogen and oxygen atoms in total. The lowest BCUT2D eigenvalue weighted by molar-refractivity contribution is -0.202. The van der Waals surface area contributed by atoms with E-state index in [-0.39, 0.29) is 27.6 Å². The van der Waals surface area contributed by atoms with Gasteiger partial charge in [-0.1, -0.05) is 55.2 Å². The average Bonchev–Trinajstić information content (AvgIpc) is 3.20. The molecule has 1 heterocycles. The van der Waals surface area contributed by atoms with Gasteiger partial charge in [0.05, 0.1) is 23.7 Å². The number of alkyl halides is 3. The van der Waals surface area contributed by atoms with Gasteiger partial charge in [0.1, 0.15) is 23.6 Å². The monoisotopic (exact) mass is 635 g/mol. The Bertz CT molecular complexity index is 1430. The molecule has 1 saturated heterocycles. The summed E-state index contributed by atoms with van der Waals surface area (Å²) in [6.45, 7) is 1.18. The number of esters is 1. The van der Waals surface area contributed by atoms with E-state index in [1.807, 2.05) is 6.07 Å². The highest BCUT2D eigenvalue weighted by Gasteiger charge is 2.61. The van der Waals surface area contributed by atoms with Crippen LogP contribution in [0, 0.1) is 28.4 Å². The molecule has 0 radical (unpaired) electrons. The number of ether oxygens (including phenoxy) is 1. The van der Waals surface area contributed by atoms with Gasteiger partial charge >= 0.3 is 18.1 Å². The van der Waals surface area contributed by atoms with Crippen LogP contribution in [0.15, 0.2) is 36.4 Å². The van der Waals surface area contributed by atoms with Crippen LogP contribution in [0.1, 0.15) is 37.3 Å². The van der Waals surface area contributed by atoms with Gasteiger partial charge in [-0.25, -0.2) is 13.6 Å². The first-order valence-corrected chi connectivity index (χ1v) is 13.0. The number of benzene rings is 2. The van der Waals surface area contributed by atoms with Crippen molar-refractivity contribution in [1.82, 2.24) is 10.6 Å². The van der Waals surface area contributed by atoms with Crippen molar-refractivity contribution in [3.8, 4) is 6.07 Å². The first-order valence-electron chi connectivity index (χ1n) is 12.2. The maximum Gasteiger partial charge on any atom is 0.490 e. The lowest BCUT2D eigenvalue weighted by atomic mass is 9.62. The topological polar surface area (TPSA) is 129 Å². The van der Waals surface area contributed by atoms with E-state index in [9.17, 15) is 32.8 Å². The molecule has 0 aromatic heterocycles. The van der Waals surface area contributed by atoms with Crippen molar-refractivity contribution in [2.45, 2.75) is 49.9 Å². The normalized spacial score (nSPS) is 22.3. The molecule has 2 aromatic rings. The summed E-state index contributed by atoms with van der Waals surface area (Å²) >= 11 is 12.0. The lowest BCUT2D eigenvalue weighted by Gasteiger charge is -2.38. The number of nitrogens with one attached hydrogen (secondary N) is 2. The smallest absolute Gasteiger partial charge is 0.480 e. The van der Waals surface area contributed by atoms with E-state index < -0.39 is 77.6 Å². The van der Waals surface area contributed by atoms with Crippen molar-refractivity contribution >= 4 is 41.0 Å². The van der Waals surface area contributed by atoms with Gasteiger partial charge in [0, 0.05) is 28.0 Å². The number of carboxylic acid groups (broad SMARTS) is 1. The zero-order valence-electron chi connectivity index (χ0n) is 22.0. The largest absolute Gasteiger partial charge is 0.490 e. The standard InChI is InChI=1S/C27H24Cl2F5N3O5/c1-25(2,12-42-24(41)27(32,33)34)9-18-26(11-35,15-7-6-13(28)8-17(15)30)20(14-4-3-5-16(29)21(14)31)22(37-18)23(40)36-10-19(38)39/h3-8,18,20,22,37H,9-10,12H2,1-2H3,(H,36,40)(H,38,39). The van der Waals surface area contributed by atoms with E-state index in [0.29, 0.717) is 0 Å². The number of aliphatic carboxylic acids is 1. The summed E-state index contributed by atoms with van der Waals surface area (Å²) in [6, 6.07) is 6.24. The van der Waals surface area contributed by atoms with Gasteiger partial charge in [0.25, 0.3) is 0 Å². The van der Waals surface area contributed by atoms with Crippen molar-refractivity contribution < 1.29 is 46.2 Å². The Balaban J connectivity index is 2.24. The van der Waals surface area contributed by atoms with Crippen molar-refractivity contribution in [3.05, 3.63) is 69.2 Å². The number of carbonyl (C=O) groups excluding carboxylic acids is 2. The Morgan fingerprint density at radius 3 is 2.40 bits per heavy atom. The third-order valence-electron chi connectivity index (χ3n) is 6.91. The molecular formula is C27H24Cl2F5N3O5. The molecule has 0 spiro atoms. The van der Waals surface area contributed by atoms with Crippen LogP contribution in [0.25, 0.3) is 0 Å². The summed E-state index contributed by atoms with van der Waals surface area (Å²) in [4.78, 5) is 35.9. The summed E-state index contributed by atoms with van der Waals surface area (Å²) in [5.74, 6) is -8.43. The minimum Gasteiger partial charge on any atom is -0.480 e. The number of halogens is 7. The minimum absolute atomic E-state index is 0.0486. The van der Waals surface area contributed by atoms with E-state index in [2.05, 4.69) is 15.4 Å². The molecular weight excluding hydrogens is 612 g/mol. The van der Waals surface area contributed by atoms with Gasteiger partial charge in [-0.05, 0) is 30.2 Å². The molecule has 0 saturated carbocycles. The molecule has 3 N–H and O–H groups in total. The molecule has 1 aliphatic rings. The molecule has 1 amide bonds. The molecule has 4 atom stereocenters. The maximum absolute atomic E-state index is 15.6. The summed E-state index contributed by atoms with van der Waals surface area (Å²) < 4.78 is 73.9. The van der Waals surface area contributed by atoms with Crippen LogP contribution in [-0.4, -0.2) is 54.4 Å². The van der Waals surface area contributed by atoms with Crippen molar-refractivity contribution in [3.63, 3.8) is 0 Å². The van der Waals surface area contributed by atoms with Crippen LogP contribution in [0.5, 0.6) is 0 Å². The molecule has 226 valence electrons. The fraction of sp³-hybridized carbons (Fsp3) is 0.407. The van der Waals surface area contributed by atoms with Crippen LogP contribution in [0.4, 0.5) is 22.0 Å². The van der Waals surface area contributed by atoms with E-state index in [4.69, 9.17) is 28.3 Å². The zero-order valence-corrected chi connectivity index (χ0v) is 23.5. The predicted octanol–water partition coefficient (Wildman–Crippen LogP) is 4.88. The van der Waals surface area contributed by atoms with Gasteiger partial charge in [-0.3, -0.25) is 9.59 Å². The molecule has 0 bridgehead atoms. The van der Waals surface area contributed by atoms with Crippen LogP contribution in [0.2, 0.25) is 10.0 Å². The summed E-state index contributed by atoms with van der Waals surface area (Å²) in [5.41, 5.74) is -4.09. The van der Waals surface area contributed by atoms with Gasteiger partial charge in [-0.15, -0.1) is 0 Å². The summed E-state index contributed by atoms with van der Waals surface area (Å²) in [6.07, 6.45) is -5.58. The van der Waals surface area contributed by atoms with Crippen LogP contribution in [-0.2, 0) is 24.5 Å². The number of carboxylic acids is 1. The number of hydrogen-bond acceptors (Lipinski definition) is 6. The number of carbonyl (C=O) groups is 3. The molecule has 3 rings (SSSR count). The fourth-order valence-electron chi connectivity index (χ4n) is 5.17. The van der Waals surface area contributed by atoms with Crippen molar-refractivity contribution in [2.24, 2.45) is 5.41 Å². The molecule has 0 aliphatic carbocycles. The van der Waals surface area contributed by atoms with Gasteiger partial charge in [0.15, 0.2) is 0 Å².